The largest absolute Gasteiger partial charge is 0.507 e. The zero-order chi connectivity index (χ0) is 27.5. The molecule has 0 saturated heterocycles. The third-order valence-electron chi connectivity index (χ3n) is 5.37. The highest BCUT2D eigenvalue weighted by molar-refractivity contribution is 7.92. The number of anilines is 1. The molecule has 2 aromatic carbocycles. The average molecular weight is 540 g/mol. The minimum Gasteiger partial charge on any atom is -0.507 e. The molecule has 11 nitrogen and oxygen atoms in total. The van der Waals surface area contributed by atoms with Gasteiger partial charge in [0.05, 0.1) is 16.3 Å². The fourth-order valence-electron chi connectivity index (χ4n) is 3.28. The number of likely N-dealkylation sites (N-methyl/N-ethyl adjacent to an activating group) is 1. The van der Waals surface area contributed by atoms with Gasteiger partial charge in [0.2, 0.25) is 0 Å². The number of hydrogen-bond donors (Lipinski definition) is 2. The number of pyridine rings is 1. The van der Waals surface area contributed by atoms with E-state index in [1.165, 1.54) is 54.7 Å². The van der Waals surface area contributed by atoms with Crippen molar-refractivity contribution < 1.29 is 27.9 Å². The van der Waals surface area contributed by atoms with Crippen LogP contribution in [0.15, 0.2) is 82.0 Å². The van der Waals surface area contributed by atoms with Crippen LogP contribution in [0.5, 0.6) is 5.75 Å². The van der Waals surface area contributed by atoms with Gasteiger partial charge in [0, 0.05) is 19.3 Å². The fraction of sp³-hybridized carbons (Fsp3) is 0.269. The van der Waals surface area contributed by atoms with Crippen molar-refractivity contribution in [1.29, 1.82) is 0 Å². The standard InChI is InChI=1S/C26H29N5O6S/c1-3-5-16-31(4-2)25(33)18-37-26(34)22-17-20(11-14-23(22)32)29-28-19-9-12-21(13-10-19)38(35,36)30-24-8-6-7-15-27-24/h6-15,17,32H,3-5,16,18H2,1-2H3,(H,27,30). The minimum absolute atomic E-state index is 0.0163. The number of hydrogen-bond acceptors (Lipinski definition) is 9. The highest BCUT2D eigenvalue weighted by Gasteiger charge is 2.18. The number of nitrogens with zero attached hydrogens (tertiary/aromatic N) is 4. The maximum atomic E-state index is 12.5. The second-order valence-corrected chi connectivity index (χ2v) is 9.80. The Balaban J connectivity index is 1.65. The summed E-state index contributed by atoms with van der Waals surface area (Å²) in [5.41, 5.74) is 0.442. The van der Waals surface area contributed by atoms with Crippen molar-refractivity contribution >= 4 is 39.1 Å². The molecule has 0 atom stereocenters. The van der Waals surface area contributed by atoms with Gasteiger partial charge in [0.15, 0.2) is 6.61 Å². The average Bonchev–Trinajstić information content (AvgIpc) is 2.92. The van der Waals surface area contributed by atoms with E-state index >= 15 is 0 Å². The molecule has 3 rings (SSSR count). The quantitative estimate of drug-likeness (QED) is 0.248. The molecule has 0 unspecified atom stereocenters. The molecule has 0 aliphatic heterocycles. The molecule has 12 heteroatoms. The molecule has 1 aromatic heterocycles. The van der Waals surface area contributed by atoms with Crippen LogP contribution in [0, 0.1) is 0 Å². The number of carbonyl (C=O) groups is 2. The highest BCUT2D eigenvalue weighted by Crippen LogP contribution is 2.26. The van der Waals surface area contributed by atoms with E-state index in [9.17, 15) is 23.1 Å². The molecule has 38 heavy (non-hydrogen) atoms. The van der Waals surface area contributed by atoms with Gasteiger partial charge in [-0.05, 0) is 67.9 Å². The van der Waals surface area contributed by atoms with Crippen molar-refractivity contribution in [1.82, 2.24) is 9.88 Å². The van der Waals surface area contributed by atoms with Crippen LogP contribution in [-0.2, 0) is 19.6 Å². The molecular weight excluding hydrogens is 510 g/mol. The predicted octanol–water partition coefficient (Wildman–Crippen LogP) is 4.81. The summed E-state index contributed by atoms with van der Waals surface area (Å²) in [7, 11) is -3.83. The summed E-state index contributed by atoms with van der Waals surface area (Å²) < 4.78 is 32.5. The molecule has 0 bridgehead atoms. The van der Waals surface area contributed by atoms with Gasteiger partial charge in [-0.25, -0.2) is 18.2 Å². The normalized spacial score (nSPS) is 11.3. The van der Waals surface area contributed by atoms with Gasteiger partial charge >= 0.3 is 5.97 Å². The number of sulfonamides is 1. The Bertz CT molecular complexity index is 1380. The molecule has 0 aliphatic rings. The Morgan fingerprint density at radius 1 is 1.03 bits per heavy atom. The maximum Gasteiger partial charge on any atom is 0.342 e. The van der Waals surface area contributed by atoms with E-state index in [4.69, 9.17) is 4.74 Å². The van der Waals surface area contributed by atoms with Crippen LogP contribution >= 0.6 is 0 Å². The van der Waals surface area contributed by atoms with Crippen molar-refractivity contribution in [2.45, 2.75) is 31.6 Å². The van der Waals surface area contributed by atoms with Gasteiger partial charge < -0.3 is 14.7 Å². The summed E-state index contributed by atoms with van der Waals surface area (Å²) in [5.74, 6) is -1.31. The van der Waals surface area contributed by atoms with Gasteiger partial charge in [-0.1, -0.05) is 19.4 Å². The van der Waals surface area contributed by atoms with Gasteiger partial charge in [-0.2, -0.15) is 10.2 Å². The van der Waals surface area contributed by atoms with E-state index in [2.05, 4.69) is 19.9 Å². The number of carbonyl (C=O) groups excluding carboxylic acids is 2. The molecule has 200 valence electrons. The number of unbranched alkanes of at least 4 members (excludes halogenated alkanes) is 1. The number of nitrogens with one attached hydrogen (secondary N) is 1. The van der Waals surface area contributed by atoms with Crippen LogP contribution in [0.1, 0.15) is 37.0 Å². The first-order valence-corrected chi connectivity index (χ1v) is 13.5. The summed E-state index contributed by atoms with van der Waals surface area (Å²) in [6.45, 7) is 4.52. The SMILES string of the molecule is CCCCN(CC)C(=O)COC(=O)c1cc(N=Nc2ccc(S(=O)(=O)Nc3ccccn3)cc2)ccc1O. The van der Waals surface area contributed by atoms with E-state index in [-0.39, 0.29) is 33.6 Å². The van der Waals surface area contributed by atoms with Crippen molar-refractivity contribution in [2.24, 2.45) is 10.2 Å². The van der Waals surface area contributed by atoms with Crippen LogP contribution in [0.3, 0.4) is 0 Å². The predicted molar refractivity (Wildman–Crippen MR) is 141 cm³/mol. The van der Waals surface area contributed by atoms with Gasteiger partial charge in [0.25, 0.3) is 15.9 Å². The number of rotatable bonds is 12. The summed E-state index contributed by atoms with van der Waals surface area (Å²) in [6, 6.07) is 14.6. The summed E-state index contributed by atoms with van der Waals surface area (Å²) in [4.78, 5) is 30.4. The molecule has 0 aliphatic carbocycles. The summed E-state index contributed by atoms with van der Waals surface area (Å²) in [6.07, 6.45) is 3.26. The van der Waals surface area contributed by atoms with Crippen LogP contribution in [0.2, 0.25) is 0 Å². The number of phenols is 1. The summed E-state index contributed by atoms with van der Waals surface area (Å²) >= 11 is 0. The Hall–Kier alpha value is -4.32. The number of ether oxygens (including phenoxy) is 1. The maximum absolute atomic E-state index is 12.5. The molecule has 1 heterocycles. The number of benzene rings is 2. The lowest BCUT2D eigenvalue weighted by molar-refractivity contribution is -0.134. The third-order valence-corrected chi connectivity index (χ3v) is 6.75. The lowest BCUT2D eigenvalue weighted by Crippen LogP contribution is -2.35. The van der Waals surface area contributed by atoms with Gasteiger partial charge in [0.1, 0.15) is 17.1 Å². The molecule has 3 aromatic rings. The number of aromatic hydroxyl groups is 1. The van der Waals surface area contributed by atoms with E-state index in [0.29, 0.717) is 18.8 Å². The van der Waals surface area contributed by atoms with Crippen molar-refractivity contribution in [3.63, 3.8) is 0 Å². The second kappa shape index (κ2) is 13.3. The van der Waals surface area contributed by atoms with Gasteiger partial charge in [-0.3, -0.25) is 9.52 Å². The van der Waals surface area contributed by atoms with E-state index in [1.807, 2.05) is 13.8 Å². The number of amides is 1. The van der Waals surface area contributed by atoms with E-state index in [1.54, 1.807) is 17.0 Å². The molecule has 0 spiro atoms. The molecule has 2 N–H and O–H groups in total. The number of azo groups is 1. The number of esters is 1. The Morgan fingerprint density at radius 3 is 2.39 bits per heavy atom. The van der Waals surface area contributed by atoms with Crippen LogP contribution in [0.4, 0.5) is 17.2 Å². The van der Waals surface area contributed by atoms with Crippen LogP contribution in [0.25, 0.3) is 0 Å². The highest BCUT2D eigenvalue weighted by atomic mass is 32.2. The number of phenolic OH excluding ortho intramolecular Hbond substituents is 1. The molecule has 0 fully saturated rings. The fourth-order valence-corrected chi connectivity index (χ4v) is 4.29. The van der Waals surface area contributed by atoms with Crippen LogP contribution in [-0.4, -0.2) is 55.0 Å². The minimum atomic E-state index is -3.83. The Morgan fingerprint density at radius 2 is 1.74 bits per heavy atom. The third kappa shape index (κ3) is 7.84. The number of aromatic nitrogens is 1. The van der Waals surface area contributed by atoms with E-state index < -0.39 is 22.6 Å². The lowest BCUT2D eigenvalue weighted by Gasteiger charge is -2.20. The molecular formula is C26H29N5O6S. The second-order valence-electron chi connectivity index (χ2n) is 8.12. The first-order valence-electron chi connectivity index (χ1n) is 12.0. The summed E-state index contributed by atoms with van der Waals surface area (Å²) in [5, 5.41) is 18.2. The van der Waals surface area contributed by atoms with Crippen molar-refractivity contribution in [2.75, 3.05) is 24.4 Å². The lowest BCUT2D eigenvalue weighted by atomic mass is 10.2. The first kappa shape index (κ1) is 28.3. The zero-order valence-electron chi connectivity index (χ0n) is 21.1. The zero-order valence-corrected chi connectivity index (χ0v) is 21.9. The van der Waals surface area contributed by atoms with Gasteiger partial charge in [-0.15, -0.1) is 0 Å². The van der Waals surface area contributed by atoms with Crippen molar-refractivity contribution in [3.8, 4) is 5.75 Å². The molecule has 1 amide bonds. The topological polar surface area (TPSA) is 151 Å². The smallest absolute Gasteiger partial charge is 0.342 e. The van der Waals surface area contributed by atoms with Crippen LogP contribution < -0.4 is 4.72 Å². The Labute approximate surface area is 221 Å². The first-order chi connectivity index (χ1) is 18.2. The van der Waals surface area contributed by atoms with E-state index in [0.717, 1.165) is 12.8 Å². The molecule has 0 radical (unpaired) electrons. The Kier molecular flexibility index (Phi) is 9.88. The monoisotopic (exact) mass is 539 g/mol. The molecule has 0 saturated carbocycles. The van der Waals surface area contributed by atoms with Crippen molar-refractivity contribution in [3.05, 3.63) is 72.4 Å².